The highest BCUT2D eigenvalue weighted by atomic mass is 32.2. The zero-order valence-electron chi connectivity index (χ0n) is 18.5. The van der Waals surface area contributed by atoms with Gasteiger partial charge in [-0.3, -0.25) is 14.5 Å². The first-order chi connectivity index (χ1) is 16.4. The normalized spacial score (nSPS) is 14.9. The van der Waals surface area contributed by atoms with Crippen molar-refractivity contribution in [1.29, 1.82) is 0 Å². The Hall–Kier alpha value is -3.66. The number of nitrogens with one attached hydrogen (secondary N) is 2. The number of ether oxygens (including phenoxy) is 1. The summed E-state index contributed by atoms with van der Waals surface area (Å²) in [7, 11) is -3.86. The molecule has 3 heterocycles. The van der Waals surface area contributed by atoms with Gasteiger partial charge in [-0.1, -0.05) is 19.3 Å². The lowest BCUT2D eigenvalue weighted by Gasteiger charge is -2.21. The maximum absolute atomic E-state index is 13.0. The number of carbonyl (C=O) groups excluding carboxylic acids is 1. The van der Waals surface area contributed by atoms with E-state index >= 15 is 0 Å². The van der Waals surface area contributed by atoms with Crippen molar-refractivity contribution in [2.75, 3.05) is 11.3 Å². The third kappa shape index (κ3) is 4.41. The molecule has 176 valence electrons. The number of primary amides is 1. The number of pyridine rings is 2. The van der Waals surface area contributed by atoms with Crippen LogP contribution < -0.4 is 15.2 Å². The van der Waals surface area contributed by atoms with Gasteiger partial charge >= 0.3 is 0 Å². The Morgan fingerprint density at radius 1 is 1.15 bits per heavy atom. The van der Waals surface area contributed by atoms with Crippen molar-refractivity contribution in [3.05, 3.63) is 54.5 Å². The number of amides is 1. The maximum Gasteiger partial charge on any atom is 0.269 e. The fourth-order valence-corrected chi connectivity index (χ4v) is 5.53. The Labute approximate surface area is 196 Å². The van der Waals surface area contributed by atoms with Gasteiger partial charge in [0.15, 0.2) is 5.69 Å². The van der Waals surface area contributed by atoms with Gasteiger partial charge in [0.2, 0.25) is 5.88 Å². The number of sulfonamides is 1. The Bertz CT molecular complexity index is 1460. The van der Waals surface area contributed by atoms with Crippen molar-refractivity contribution in [3.63, 3.8) is 0 Å². The van der Waals surface area contributed by atoms with Crippen LogP contribution in [0.1, 0.15) is 42.6 Å². The standard InChI is InChI=1S/C24H25N5O4S/c25-24(30)23-22-19(12-21(28-23)33-14-15-5-2-1-3-6-15)18-11-17(8-9-20(18)27-22)34(31,32)29-16-7-4-10-26-13-16/h4,7-13,15,27,29H,1-3,5-6,14H2,(H2,25,30). The molecular formula is C24H25N5O4S. The van der Waals surface area contributed by atoms with Crippen LogP contribution in [0.5, 0.6) is 5.88 Å². The first-order valence-electron chi connectivity index (χ1n) is 11.2. The van der Waals surface area contributed by atoms with E-state index in [2.05, 4.69) is 19.7 Å². The lowest BCUT2D eigenvalue weighted by Crippen LogP contribution is -2.17. The zero-order valence-corrected chi connectivity index (χ0v) is 19.3. The van der Waals surface area contributed by atoms with Crippen LogP contribution in [0.3, 0.4) is 0 Å². The van der Waals surface area contributed by atoms with Gasteiger partial charge < -0.3 is 15.5 Å². The Kier molecular flexibility index (Phi) is 5.82. The second-order valence-corrected chi connectivity index (χ2v) is 10.3. The van der Waals surface area contributed by atoms with E-state index in [1.54, 1.807) is 36.5 Å². The molecule has 10 heteroatoms. The van der Waals surface area contributed by atoms with E-state index in [1.807, 2.05) is 0 Å². The number of hydrogen-bond donors (Lipinski definition) is 3. The summed E-state index contributed by atoms with van der Waals surface area (Å²) in [5, 5.41) is 1.24. The molecule has 1 aromatic carbocycles. The van der Waals surface area contributed by atoms with E-state index < -0.39 is 15.9 Å². The van der Waals surface area contributed by atoms with Crippen LogP contribution in [0.25, 0.3) is 21.8 Å². The number of carbonyl (C=O) groups is 1. The summed E-state index contributed by atoms with van der Waals surface area (Å²) in [4.78, 5) is 23.6. The van der Waals surface area contributed by atoms with Gasteiger partial charge in [-0.25, -0.2) is 13.4 Å². The molecule has 0 atom stereocenters. The molecule has 1 fully saturated rings. The number of nitrogens with two attached hydrogens (primary N) is 1. The van der Waals surface area contributed by atoms with Crippen LogP contribution in [-0.4, -0.2) is 35.9 Å². The van der Waals surface area contributed by atoms with Gasteiger partial charge in [-0.2, -0.15) is 0 Å². The summed E-state index contributed by atoms with van der Waals surface area (Å²) >= 11 is 0. The van der Waals surface area contributed by atoms with E-state index in [0.717, 1.165) is 12.8 Å². The van der Waals surface area contributed by atoms with Crippen molar-refractivity contribution >= 4 is 43.4 Å². The summed E-state index contributed by atoms with van der Waals surface area (Å²) in [5.74, 6) is 0.0711. The lowest BCUT2D eigenvalue weighted by atomic mass is 9.90. The average molecular weight is 480 g/mol. The van der Waals surface area contributed by atoms with Crippen molar-refractivity contribution in [1.82, 2.24) is 15.0 Å². The molecule has 4 aromatic rings. The minimum Gasteiger partial charge on any atom is -0.477 e. The van der Waals surface area contributed by atoms with E-state index in [1.165, 1.54) is 31.5 Å². The molecule has 0 bridgehead atoms. The van der Waals surface area contributed by atoms with Crippen molar-refractivity contribution in [2.24, 2.45) is 11.7 Å². The molecule has 1 amide bonds. The first-order valence-corrected chi connectivity index (χ1v) is 12.7. The molecular weight excluding hydrogens is 454 g/mol. The first kappa shape index (κ1) is 22.1. The molecule has 4 N–H and O–H groups in total. The highest BCUT2D eigenvalue weighted by Gasteiger charge is 2.21. The van der Waals surface area contributed by atoms with Gasteiger partial charge in [0.1, 0.15) is 0 Å². The topological polar surface area (TPSA) is 140 Å². The molecule has 0 spiro atoms. The number of H-pyrrole nitrogens is 1. The minimum atomic E-state index is -3.86. The molecule has 1 aliphatic rings. The Balaban J connectivity index is 1.54. The molecule has 1 aliphatic carbocycles. The number of nitrogens with zero attached hydrogens (tertiary/aromatic N) is 2. The molecule has 3 aromatic heterocycles. The molecule has 0 saturated heterocycles. The fourth-order valence-electron chi connectivity index (χ4n) is 4.46. The molecule has 34 heavy (non-hydrogen) atoms. The molecule has 0 radical (unpaired) electrons. The quantitative estimate of drug-likeness (QED) is 0.366. The van der Waals surface area contributed by atoms with Gasteiger partial charge in [0, 0.05) is 28.6 Å². The molecule has 5 rings (SSSR count). The summed E-state index contributed by atoms with van der Waals surface area (Å²) < 4.78 is 34.4. The minimum absolute atomic E-state index is 0.0604. The average Bonchev–Trinajstić information content (AvgIpc) is 3.21. The number of hydrogen-bond acceptors (Lipinski definition) is 6. The number of rotatable bonds is 7. The second-order valence-electron chi connectivity index (χ2n) is 8.59. The van der Waals surface area contributed by atoms with Gasteiger partial charge in [-0.15, -0.1) is 0 Å². The predicted octanol–water partition coefficient (Wildman–Crippen LogP) is 3.97. The third-order valence-corrected chi connectivity index (χ3v) is 7.56. The smallest absolute Gasteiger partial charge is 0.269 e. The van der Waals surface area contributed by atoms with Crippen LogP contribution in [0, 0.1) is 5.92 Å². The van der Waals surface area contributed by atoms with Gasteiger partial charge in [0.05, 0.1) is 28.9 Å². The van der Waals surface area contributed by atoms with Crippen molar-refractivity contribution in [3.8, 4) is 5.88 Å². The predicted molar refractivity (Wildman–Crippen MR) is 129 cm³/mol. The van der Waals surface area contributed by atoms with Gasteiger partial charge in [-0.05, 0) is 49.1 Å². The highest BCUT2D eigenvalue weighted by molar-refractivity contribution is 7.92. The largest absolute Gasteiger partial charge is 0.477 e. The summed E-state index contributed by atoms with van der Waals surface area (Å²) in [6.45, 7) is 0.522. The molecule has 0 unspecified atom stereocenters. The van der Waals surface area contributed by atoms with Crippen LogP contribution in [-0.2, 0) is 10.0 Å². The lowest BCUT2D eigenvalue weighted by molar-refractivity contribution is 0.0995. The van der Waals surface area contributed by atoms with E-state index in [0.29, 0.717) is 45.9 Å². The van der Waals surface area contributed by atoms with Crippen molar-refractivity contribution in [2.45, 2.75) is 37.0 Å². The SMILES string of the molecule is NC(=O)c1nc(OCC2CCCCC2)cc2c1[nH]c1ccc(S(=O)(=O)Nc3cccnc3)cc12. The third-order valence-electron chi connectivity index (χ3n) is 6.19. The Morgan fingerprint density at radius 2 is 1.97 bits per heavy atom. The van der Waals surface area contributed by atoms with Crippen LogP contribution >= 0.6 is 0 Å². The van der Waals surface area contributed by atoms with Crippen LogP contribution in [0.15, 0.2) is 53.7 Å². The van der Waals surface area contributed by atoms with Gasteiger partial charge in [0.25, 0.3) is 15.9 Å². The summed E-state index contributed by atoms with van der Waals surface area (Å²) in [5.41, 5.74) is 7.13. The van der Waals surface area contributed by atoms with Crippen LogP contribution in [0.2, 0.25) is 0 Å². The number of aromatic amines is 1. The Morgan fingerprint density at radius 3 is 2.71 bits per heavy atom. The molecule has 9 nitrogen and oxygen atoms in total. The second kappa shape index (κ2) is 8.94. The van der Waals surface area contributed by atoms with E-state index in [-0.39, 0.29) is 10.6 Å². The number of benzene rings is 1. The maximum atomic E-state index is 13.0. The fraction of sp³-hybridized carbons (Fsp3) is 0.292. The van der Waals surface area contributed by atoms with E-state index in [9.17, 15) is 13.2 Å². The molecule has 1 saturated carbocycles. The number of aromatic nitrogens is 3. The summed E-state index contributed by atoms with van der Waals surface area (Å²) in [6, 6.07) is 9.70. The number of fused-ring (bicyclic) bond motifs is 3. The zero-order chi connectivity index (χ0) is 23.7. The summed E-state index contributed by atoms with van der Waals surface area (Å²) in [6.07, 6.45) is 8.87. The number of anilines is 1. The molecule has 0 aliphatic heterocycles. The monoisotopic (exact) mass is 479 g/mol. The van der Waals surface area contributed by atoms with E-state index in [4.69, 9.17) is 10.5 Å². The van der Waals surface area contributed by atoms with Crippen LogP contribution in [0.4, 0.5) is 5.69 Å². The van der Waals surface area contributed by atoms with Crippen molar-refractivity contribution < 1.29 is 17.9 Å². The highest BCUT2D eigenvalue weighted by Crippen LogP contribution is 2.32.